The largest absolute Gasteiger partial charge is 0.355 e. The van der Waals surface area contributed by atoms with E-state index in [2.05, 4.69) is 96.7 Å². The lowest BCUT2D eigenvalue weighted by molar-refractivity contribution is 1.28. The molecule has 3 aromatic heterocycles. The minimum Gasteiger partial charge on any atom is -0.355 e. The topological polar surface area (TPSA) is 57.4 Å². The molecule has 0 radical (unpaired) electrons. The van der Waals surface area contributed by atoms with Crippen LogP contribution in [-0.4, -0.2) is 45.5 Å². The van der Waals surface area contributed by atoms with Crippen molar-refractivity contribution in [2.24, 2.45) is 0 Å². The first-order chi connectivity index (χ1) is 15.8. The van der Waals surface area contributed by atoms with Gasteiger partial charge in [-0.05, 0) is 72.8 Å². The predicted octanol–water partition coefficient (Wildman–Crippen LogP) is 8.08. The van der Waals surface area contributed by atoms with Gasteiger partial charge in [0.1, 0.15) is 0 Å². The third kappa shape index (κ3) is 8.03. The SMILES string of the molecule is C1=Cc2cc3ccc(cc4ccc(cc5nc(cc1n2)C=C5)[nH]4)[nH]3.CCl.CCl.CCl.CCl. The summed E-state index contributed by atoms with van der Waals surface area (Å²) < 4.78 is 0. The van der Waals surface area contributed by atoms with Crippen LogP contribution in [0.15, 0.2) is 48.5 Å². The number of nitrogens with zero attached hydrogens (tertiary/aromatic N) is 2. The minimum atomic E-state index is 0.915. The van der Waals surface area contributed by atoms with Crippen LogP contribution >= 0.6 is 46.4 Å². The Bertz CT molecular complexity index is 1090. The van der Waals surface area contributed by atoms with Crippen LogP contribution < -0.4 is 0 Å². The van der Waals surface area contributed by atoms with Gasteiger partial charge in [0, 0.05) is 47.6 Å². The smallest absolute Gasteiger partial charge is 0.0659 e. The lowest BCUT2D eigenvalue weighted by Gasteiger charge is -1.86. The number of hydrogen-bond acceptors (Lipinski definition) is 2. The van der Waals surface area contributed by atoms with E-state index >= 15 is 0 Å². The summed E-state index contributed by atoms with van der Waals surface area (Å²) in [5.74, 6) is 0. The van der Waals surface area contributed by atoms with Crippen LogP contribution in [0.1, 0.15) is 22.8 Å². The summed E-state index contributed by atoms with van der Waals surface area (Å²) in [5, 5.41) is 0. The van der Waals surface area contributed by atoms with Gasteiger partial charge in [0.05, 0.1) is 22.8 Å². The van der Waals surface area contributed by atoms with E-state index in [-0.39, 0.29) is 0 Å². The summed E-state index contributed by atoms with van der Waals surface area (Å²) in [4.78, 5) is 16.0. The molecule has 32 heavy (non-hydrogen) atoms. The highest BCUT2D eigenvalue weighted by atomic mass is 35.5. The molecule has 2 aliphatic rings. The number of rotatable bonds is 0. The van der Waals surface area contributed by atoms with Crippen LogP contribution in [0, 0.1) is 0 Å². The second-order valence-corrected chi connectivity index (χ2v) is 5.91. The van der Waals surface area contributed by atoms with Crippen LogP contribution in [0.3, 0.4) is 0 Å². The van der Waals surface area contributed by atoms with Crippen molar-refractivity contribution in [2.75, 3.05) is 25.5 Å². The van der Waals surface area contributed by atoms with Crippen LogP contribution in [0.4, 0.5) is 0 Å². The number of aromatic amines is 2. The van der Waals surface area contributed by atoms with Gasteiger partial charge in [-0.25, -0.2) is 9.97 Å². The summed E-state index contributed by atoms with van der Waals surface area (Å²) in [6.45, 7) is 0. The molecular weight excluding hydrogens is 486 g/mol. The highest BCUT2D eigenvalue weighted by Gasteiger charge is 2.02. The number of halogens is 4. The lowest BCUT2D eigenvalue weighted by atomic mass is 10.3. The fraction of sp³-hybridized carbons (Fsp3) is 0.167. The van der Waals surface area contributed by atoms with Gasteiger partial charge in [0.15, 0.2) is 0 Å². The van der Waals surface area contributed by atoms with Gasteiger partial charge in [-0.2, -0.15) is 0 Å². The molecule has 170 valence electrons. The second-order valence-electron chi connectivity index (χ2n) is 5.91. The number of H-pyrrole nitrogens is 2. The maximum atomic E-state index is 4.64. The quantitative estimate of drug-likeness (QED) is 0.206. The summed E-state index contributed by atoms with van der Waals surface area (Å²) in [7, 11) is 0. The normalized spacial score (nSPS) is 10.2. The van der Waals surface area contributed by atoms with Gasteiger partial charge in [-0.3, -0.25) is 0 Å². The van der Waals surface area contributed by atoms with Gasteiger partial charge in [-0.15, -0.1) is 46.4 Å². The molecule has 2 aliphatic heterocycles. The number of aromatic nitrogens is 4. The van der Waals surface area contributed by atoms with Crippen molar-refractivity contribution in [1.82, 2.24) is 19.9 Å². The van der Waals surface area contributed by atoms with E-state index in [9.17, 15) is 0 Å². The van der Waals surface area contributed by atoms with Crippen LogP contribution in [-0.2, 0) is 0 Å². The number of nitrogens with one attached hydrogen (secondary N) is 2. The second kappa shape index (κ2) is 15.5. The zero-order valence-electron chi connectivity index (χ0n) is 18.3. The number of alkyl halides is 4. The monoisotopic (exact) mass is 510 g/mol. The molecule has 4 nitrogen and oxygen atoms in total. The van der Waals surface area contributed by atoms with Crippen LogP contribution in [0.2, 0.25) is 0 Å². The molecule has 0 aliphatic carbocycles. The molecule has 0 amide bonds. The minimum absolute atomic E-state index is 0.915. The average molecular weight is 512 g/mol. The first-order valence-corrected chi connectivity index (χ1v) is 12.4. The number of hydrogen-bond donors (Lipinski definition) is 2. The Morgan fingerprint density at radius 3 is 1.06 bits per heavy atom. The van der Waals surface area contributed by atoms with E-state index in [4.69, 9.17) is 0 Å². The highest BCUT2D eigenvalue weighted by Crippen LogP contribution is 2.17. The van der Waals surface area contributed by atoms with E-state index < -0.39 is 0 Å². The fourth-order valence-corrected chi connectivity index (χ4v) is 2.94. The number of fused-ring (bicyclic) bond motifs is 8. The summed E-state index contributed by atoms with van der Waals surface area (Å²) in [6, 6.07) is 16.4. The average Bonchev–Trinajstić information content (AvgIpc) is 3.65. The molecule has 5 rings (SSSR count). The molecule has 0 fully saturated rings. The fourth-order valence-electron chi connectivity index (χ4n) is 2.94. The third-order valence-electron chi connectivity index (χ3n) is 4.04. The van der Waals surface area contributed by atoms with Crippen molar-refractivity contribution in [1.29, 1.82) is 0 Å². The van der Waals surface area contributed by atoms with Crippen LogP contribution in [0.25, 0.3) is 46.4 Å². The standard InChI is InChI=1S/C20H14N4.4CH3Cl/c1-2-14-10-16-5-6-18(23-16)12-20-8-7-19(24-20)11-17-4-3-15(22-17)9-13(1)21-14;4*1-2/h1-12,21-22H;4*1H3. The zero-order valence-corrected chi connectivity index (χ0v) is 21.4. The van der Waals surface area contributed by atoms with Crippen molar-refractivity contribution in [2.45, 2.75) is 0 Å². The molecule has 0 atom stereocenters. The van der Waals surface area contributed by atoms with Crippen molar-refractivity contribution in [3.05, 3.63) is 71.3 Å². The first-order valence-electron chi connectivity index (χ1n) is 9.36. The Morgan fingerprint density at radius 1 is 0.438 bits per heavy atom. The van der Waals surface area contributed by atoms with Gasteiger partial charge in [0.2, 0.25) is 0 Å². The Balaban J connectivity index is 0.000000581. The summed E-state index contributed by atoms with van der Waals surface area (Å²) >= 11 is 18.6. The molecular formula is C24H26Cl4N4. The first kappa shape index (κ1) is 27.8. The Morgan fingerprint density at radius 2 is 0.719 bits per heavy atom. The molecule has 3 aromatic rings. The maximum Gasteiger partial charge on any atom is 0.0659 e. The van der Waals surface area contributed by atoms with E-state index in [1.807, 2.05) is 42.5 Å². The highest BCUT2D eigenvalue weighted by molar-refractivity contribution is 6.15. The van der Waals surface area contributed by atoms with Gasteiger partial charge in [0.25, 0.3) is 0 Å². The molecule has 0 saturated carbocycles. The Kier molecular flexibility index (Phi) is 13.5. The van der Waals surface area contributed by atoms with Crippen molar-refractivity contribution >= 4 is 92.8 Å². The van der Waals surface area contributed by atoms with Crippen molar-refractivity contribution < 1.29 is 0 Å². The molecule has 8 bridgehead atoms. The third-order valence-corrected chi connectivity index (χ3v) is 4.04. The molecule has 0 saturated heterocycles. The molecule has 2 N–H and O–H groups in total. The zero-order chi connectivity index (χ0) is 23.9. The van der Waals surface area contributed by atoms with Crippen molar-refractivity contribution in [3.8, 4) is 0 Å². The summed E-state index contributed by atoms with van der Waals surface area (Å²) in [6.07, 6.45) is 13.9. The summed E-state index contributed by atoms with van der Waals surface area (Å²) in [5.41, 5.74) is 7.86. The van der Waals surface area contributed by atoms with Crippen molar-refractivity contribution in [3.63, 3.8) is 0 Å². The van der Waals surface area contributed by atoms with Gasteiger partial charge >= 0.3 is 0 Å². The van der Waals surface area contributed by atoms with Crippen LogP contribution in [0.5, 0.6) is 0 Å². The van der Waals surface area contributed by atoms with E-state index in [0.717, 1.165) is 44.8 Å². The van der Waals surface area contributed by atoms with E-state index in [1.165, 1.54) is 25.5 Å². The Labute approximate surface area is 209 Å². The lowest BCUT2D eigenvalue weighted by Crippen LogP contribution is -1.77. The van der Waals surface area contributed by atoms with E-state index in [1.54, 1.807) is 0 Å². The van der Waals surface area contributed by atoms with E-state index in [0.29, 0.717) is 0 Å². The molecule has 0 unspecified atom stereocenters. The Hall–Kier alpha value is -2.24. The molecule has 0 spiro atoms. The maximum absolute atomic E-state index is 4.64. The van der Waals surface area contributed by atoms with Gasteiger partial charge in [-0.1, -0.05) is 0 Å². The van der Waals surface area contributed by atoms with Gasteiger partial charge < -0.3 is 9.97 Å². The molecule has 5 heterocycles. The molecule has 8 heteroatoms. The molecule has 0 aromatic carbocycles. The predicted molar refractivity (Wildman–Crippen MR) is 146 cm³/mol.